The molecule has 0 saturated heterocycles. The van der Waals surface area contributed by atoms with Crippen LogP contribution in [0.5, 0.6) is 0 Å². The van der Waals surface area contributed by atoms with Gasteiger partial charge in [0.1, 0.15) is 6.04 Å². The number of hydrogen-bond acceptors (Lipinski definition) is 2. The van der Waals surface area contributed by atoms with Gasteiger partial charge in [-0.25, -0.2) is 0 Å². The molecule has 0 spiro atoms. The molecule has 0 heterocycles. The van der Waals surface area contributed by atoms with Crippen LogP contribution in [0.25, 0.3) is 0 Å². The van der Waals surface area contributed by atoms with Crippen LogP contribution in [0.4, 0.5) is 13.2 Å². The lowest BCUT2D eigenvalue weighted by atomic mass is 10.2. The first-order valence-electron chi connectivity index (χ1n) is 3.89. The fourth-order valence-corrected chi connectivity index (χ4v) is 0.794. The number of carboxylic acid groups (broad SMARTS) is 1. The molecule has 6 heteroatoms. The van der Waals surface area contributed by atoms with Crippen molar-refractivity contribution in [3.8, 4) is 0 Å². The molecular weight excluding hydrogens is 187 g/mol. The van der Waals surface area contributed by atoms with Crippen LogP contribution in [0.15, 0.2) is 0 Å². The van der Waals surface area contributed by atoms with Gasteiger partial charge in [-0.15, -0.1) is 0 Å². The minimum absolute atomic E-state index is 0.271. The highest BCUT2D eigenvalue weighted by Crippen LogP contribution is 2.18. The number of aliphatic carboxylic acids is 1. The summed E-state index contributed by atoms with van der Waals surface area (Å²) in [6.07, 6.45) is -4.96. The Bertz CT molecular complexity index is 170. The molecular formula is C7H12F3NO2. The lowest BCUT2D eigenvalue weighted by molar-refractivity contribution is -0.142. The fraction of sp³-hybridized carbons (Fsp3) is 0.857. The molecule has 2 N–H and O–H groups in total. The van der Waals surface area contributed by atoms with Crippen LogP contribution >= 0.6 is 0 Å². The normalized spacial score (nSPS) is 14.2. The third-order valence-corrected chi connectivity index (χ3v) is 1.51. The molecule has 0 aromatic rings. The van der Waals surface area contributed by atoms with Gasteiger partial charge in [-0.2, -0.15) is 13.2 Å². The number of rotatable bonds is 5. The number of nitrogens with one attached hydrogen (secondary N) is 1. The van der Waals surface area contributed by atoms with Crippen molar-refractivity contribution in [2.45, 2.75) is 32.0 Å². The Labute approximate surface area is 73.9 Å². The van der Waals surface area contributed by atoms with E-state index in [-0.39, 0.29) is 13.0 Å². The average molecular weight is 199 g/mol. The van der Waals surface area contributed by atoms with Crippen molar-refractivity contribution in [2.75, 3.05) is 6.54 Å². The molecule has 0 aliphatic rings. The first-order chi connectivity index (χ1) is 5.87. The van der Waals surface area contributed by atoms with E-state index in [1.54, 1.807) is 6.92 Å². The number of halogens is 3. The van der Waals surface area contributed by atoms with Gasteiger partial charge in [-0.05, 0) is 6.42 Å². The smallest absolute Gasteiger partial charge is 0.390 e. The second kappa shape index (κ2) is 5.06. The van der Waals surface area contributed by atoms with Crippen molar-refractivity contribution in [3.63, 3.8) is 0 Å². The maximum atomic E-state index is 11.6. The van der Waals surface area contributed by atoms with Crippen LogP contribution in [0, 0.1) is 0 Å². The zero-order valence-electron chi connectivity index (χ0n) is 7.19. The van der Waals surface area contributed by atoms with Gasteiger partial charge in [-0.1, -0.05) is 6.92 Å². The van der Waals surface area contributed by atoms with E-state index in [2.05, 4.69) is 5.32 Å². The van der Waals surface area contributed by atoms with E-state index in [4.69, 9.17) is 5.11 Å². The molecule has 3 nitrogen and oxygen atoms in total. The summed E-state index contributed by atoms with van der Waals surface area (Å²) < 4.78 is 34.9. The van der Waals surface area contributed by atoms with Gasteiger partial charge in [0, 0.05) is 6.54 Å². The molecule has 0 radical (unpaired) electrons. The molecule has 13 heavy (non-hydrogen) atoms. The number of carbonyl (C=O) groups is 1. The summed E-state index contributed by atoms with van der Waals surface area (Å²) in [5, 5.41) is 10.8. The van der Waals surface area contributed by atoms with Crippen LogP contribution in [-0.2, 0) is 4.79 Å². The zero-order chi connectivity index (χ0) is 10.5. The highest BCUT2D eigenvalue weighted by molar-refractivity contribution is 5.73. The molecule has 0 fully saturated rings. The van der Waals surface area contributed by atoms with Gasteiger partial charge in [-0.3, -0.25) is 4.79 Å². The van der Waals surface area contributed by atoms with Gasteiger partial charge >= 0.3 is 12.1 Å². The monoisotopic (exact) mass is 199 g/mol. The second-order valence-electron chi connectivity index (χ2n) is 2.62. The Morgan fingerprint density at radius 1 is 1.54 bits per heavy atom. The molecule has 0 aliphatic carbocycles. The maximum absolute atomic E-state index is 11.6. The van der Waals surface area contributed by atoms with Gasteiger partial charge < -0.3 is 10.4 Å². The predicted molar refractivity (Wildman–Crippen MR) is 40.4 cm³/mol. The first kappa shape index (κ1) is 12.2. The summed E-state index contributed by atoms with van der Waals surface area (Å²) in [7, 11) is 0. The Morgan fingerprint density at radius 2 is 2.08 bits per heavy atom. The van der Waals surface area contributed by atoms with E-state index in [1.807, 2.05) is 0 Å². The maximum Gasteiger partial charge on any atom is 0.390 e. The third-order valence-electron chi connectivity index (χ3n) is 1.51. The van der Waals surface area contributed by atoms with Crippen LogP contribution in [0.3, 0.4) is 0 Å². The van der Waals surface area contributed by atoms with E-state index in [0.29, 0.717) is 0 Å². The zero-order valence-corrected chi connectivity index (χ0v) is 7.19. The molecule has 0 rings (SSSR count). The molecule has 0 aliphatic heterocycles. The lowest BCUT2D eigenvalue weighted by Crippen LogP contribution is -2.37. The van der Waals surface area contributed by atoms with E-state index in [0.717, 1.165) is 0 Å². The fourth-order valence-electron chi connectivity index (χ4n) is 0.794. The van der Waals surface area contributed by atoms with Crippen molar-refractivity contribution >= 4 is 5.97 Å². The lowest BCUT2D eigenvalue weighted by Gasteiger charge is -2.12. The molecule has 78 valence electrons. The number of carboxylic acids is 1. The van der Waals surface area contributed by atoms with E-state index >= 15 is 0 Å². The topological polar surface area (TPSA) is 49.3 Å². The van der Waals surface area contributed by atoms with Gasteiger partial charge in [0.05, 0.1) is 6.42 Å². The predicted octanol–water partition coefficient (Wildman–Crippen LogP) is 1.39. The Balaban J connectivity index is 3.68. The second-order valence-corrected chi connectivity index (χ2v) is 2.62. The summed E-state index contributed by atoms with van der Waals surface area (Å²) in [6, 6.07) is -0.887. The Morgan fingerprint density at radius 3 is 2.38 bits per heavy atom. The number of hydrogen-bond donors (Lipinski definition) is 2. The van der Waals surface area contributed by atoms with Crippen LogP contribution in [0.1, 0.15) is 19.8 Å². The van der Waals surface area contributed by atoms with E-state index in [9.17, 15) is 18.0 Å². The van der Waals surface area contributed by atoms with Crippen LogP contribution in [0.2, 0.25) is 0 Å². The quantitative estimate of drug-likeness (QED) is 0.703. The van der Waals surface area contributed by atoms with Crippen LogP contribution < -0.4 is 5.32 Å². The molecule has 0 amide bonds. The van der Waals surface area contributed by atoms with Crippen molar-refractivity contribution in [1.82, 2.24) is 5.32 Å². The standard InChI is InChI=1S/C7H12F3NO2/c1-2-5(6(12)13)11-4-3-7(8,9)10/h5,11H,2-4H2,1H3,(H,12,13). The minimum atomic E-state index is -4.23. The van der Waals surface area contributed by atoms with Crippen molar-refractivity contribution in [2.24, 2.45) is 0 Å². The highest BCUT2D eigenvalue weighted by atomic mass is 19.4. The summed E-state index contributed by atoms with van der Waals surface area (Å²) in [6.45, 7) is 1.24. The number of alkyl halides is 3. The van der Waals surface area contributed by atoms with Gasteiger partial charge in [0.2, 0.25) is 0 Å². The Kier molecular flexibility index (Phi) is 4.76. The van der Waals surface area contributed by atoms with Gasteiger partial charge in [0.15, 0.2) is 0 Å². The highest BCUT2D eigenvalue weighted by Gasteiger charge is 2.27. The molecule has 0 bridgehead atoms. The molecule has 0 aromatic carbocycles. The summed E-state index contributed by atoms with van der Waals surface area (Å²) in [4.78, 5) is 10.3. The van der Waals surface area contributed by atoms with Crippen molar-refractivity contribution in [1.29, 1.82) is 0 Å². The average Bonchev–Trinajstić information content (AvgIpc) is 1.95. The van der Waals surface area contributed by atoms with Gasteiger partial charge in [0.25, 0.3) is 0 Å². The van der Waals surface area contributed by atoms with E-state index < -0.39 is 24.6 Å². The largest absolute Gasteiger partial charge is 0.480 e. The van der Waals surface area contributed by atoms with Crippen molar-refractivity contribution in [3.05, 3.63) is 0 Å². The summed E-state index contributed by atoms with van der Waals surface area (Å²) in [5.74, 6) is -1.12. The first-order valence-corrected chi connectivity index (χ1v) is 3.89. The SMILES string of the molecule is CCC(NCCC(F)(F)F)C(=O)O. The van der Waals surface area contributed by atoms with E-state index in [1.165, 1.54) is 0 Å². The molecule has 1 atom stereocenters. The summed E-state index contributed by atoms with van der Waals surface area (Å²) in [5.41, 5.74) is 0. The summed E-state index contributed by atoms with van der Waals surface area (Å²) >= 11 is 0. The third kappa shape index (κ3) is 6.39. The van der Waals surface area contributed by atoms with Crippen LogP contribution in [-0.4, -0.2) is 29.8 Å². The van der Waals surface area contributed by atoms with Crippen molar-refractivity contribution < 1.29 is 23.1 Å². The molecule has 0 saturated carbocycles. The molecule has 1 unspecified atom stereocenters. The molecule has 0 aromatic heterocycles. The minimum Gasteiger partial charge on any atom is -0.480 e. The Hall–Kier alpha value is -0.780.